The van der Waals surface area contributed by atoms with Gasteiger partial charge in [0, 0.05) is 6.04 Å². The van der Waals surface area contributed by atoms with E-state index in [4.69, 9.17) is 16.0 Å². The van der Waals surface area contributed by atoms with Crippen LogP contribution in [-0.2, 0) is 0 Å². The van der Waals surface area contributed by atoms with Crippen LogP contribution in [0.1, 0.15) is 43.2 Å². The Balaban J connectivity index is 1.59. The number of carbonyl (C=O) groups excluding carboxylic acids is 1. The Hall–Kier alpha value is -2.86. The largest absolute Gasteiger partial charge is 0.418 e. The van der Waals surface area contributed by atoms with E-state index in [1.165, 1.54) is 0 Å². The monoisotopic (exact) mass is 396 g/mol. The molecule has 4 rings (SSSR count). The first-order valence-electron chi connectivity index (χ1n) is 9.41. The van der Waals surface area contributed by atoms with E-state index in [1.54, 1.807) is 6.07 Å². The number of hydrogen-bond donors (Lipinski definition) is 2. The minimum atomic E-state index is -0.550. The molecular weight excluding hydrogens is 376 g/mol. The van der Waals surface area contributed by atoms with Crippen LogP contribution in [0, 0.1) is 0 Å². The van der Waals surface area contributed by atoms with Gasteiger partial charge in [-0.2, -0.15) is 0 Å². The zero-order valence-corrected chi connectivity index (χ0v) is 16.0. The van der Waals surface area contributed by atoms with Gasteiger partial charge in [-0.05, 0) is 30.5 Å². The lowest BCUT2D eigenvalue weighted by atomic mass is 10.1. The molecule has 1 saturated carbocycles. The van der Waals surface area contributed by atoms with E-state index >= 15 is 0 Å². The molecule has 1 heterocycles. The SMILES string of the molecule is O=C(NC1CCCC1)N[C@H](c1ccccc1)c1nnc(-c2ccccc2Cl)o1. The van der Waals surface area contributed by atoms with E-state index in [-0.39, 0.29) is 12.1 Å². The van der Waals surface area contributed by atoms with Crippen LogP contribution in [0.2, 0.25) is 5.02 Å². The molecule has 1 aromatic heterocycles. The molecule has 2 aromatic carbocycles. The number of amides is 2. The van der Waals surface area contributed by atoms with Gasteiger partial charge in [0.25, 0.3) is 0 Å². The minimum absolute atomic E-state index is 0.220. The van der Waals surface area contributed by atoms with E-state index in [2.05, 4.69) is 20.8 Å². The Morgan fingerprint density at radius 3 is 2.50 bits per heavy atom. The molecule has 0 saturated heterocycles. The number of rotatable bonds is 5. The number of urea groups is 1. The molecular formula is C21H21ClN4O2. The Labute approximate surface area is 168 Å². The normalized spacial score (nSPS) is 15.3. The van der Waals surface area contributed by atoms with Gasteiger partial charge in [-0.1, -0.05) is 66.9 Å². The average Bonchev–Trinajstić information content (AvgIpc) is 3.39. The summed E-state index contributed by atoms with van der Waals surface area (Å²) in [6.45, 7) is 0. The molecule has 0 aliphatic heterocycles. The second-order valence-corrected chi connectivity index (χ2v) is 7.28. The molecule has 144 valence electrons. The van der Waals surface area contributed by atoms with Gasteiger partial charge >= 0.3 is 6.03 Å². The smallest absolute Gasteiger partial charge is 0.315 e. The highest BCUT2D eigenvalue weighted by Crippen LogP contribution is 2.29. The topological polar surface area (TPSA) is 80.0 Å². The number of benzene rings is 2. The highest BCUT2D eigenvalue weighted by molar-refractivity contribution is 6.33. The molecule has 6 nitrogen and oxygen atoms in total. The third-order valence-corrected chi connectivity index (χ3v) is 5.22. The van der Waals surface area contributed by atoms with Crippen LogP contribution in [0.15, 0.2) is 59.0 Å². The standard InChI is InChI=1S/C21H21ClN4O2/c22-17-13-7-6-12-16(17)19-25-26-20(28-19)18(14-8-2-1-3-9-14)24-21(27)23-15-10-4-5-11-15/h1-3,6-9,12-13,15,18H,4-5,10-11H2,(H2,23,24,27)/t18-/m1/s1. The second-order valence-electron chi connectivity index (χ2n) is 6.87. The molecule has 28 heavy (non-hydrogen) atoms. The van der Waals surface area contributed by atoms with Crippen molar-refractivity contribution in [1.82, 2.24) is 20.8 Å². The number of carbonyl (C=O) groups is 1. The lowest BCUT2D eigenvalue weighted by molar-refractivity contribution is 0.233. The molecule has 1 aliphatic carbocycles. The fraction of sp³-hybridized carbons (Fsp3) is 0.286. The van der Waals surface area contributed by atoms with Crippen molar-refractivity contribution < 1.29 is 9.21 Å². The Bertz CT molecular complexity index is 938. The number of hydrogen-bond acceptors (Lipinski definition) is 4. The zero-order valence-electron chi connectivity index (χ0n) is 15.3. The van der Waals surface area contributed by atoms with Gasteiger partial charge in [-0.3, -0.25) is 0 Å². The van der Waals surface area contributed by atoms with Gasteiger partial charge < -0.3 is 15.1 Å². The van der Waals surface area contributed by atoms with Crippen molar-refractivity contribution in [2.24, 2.45) is 0 Å². The predicted octanol–water partition coefficient (Wildman–Crippen LogP) is 4.72. The molecule has 2 amide bonds. The van der Waals surface area contributed by atoms with Gasteiger partial charge in [-0.15, -0.1) is 10.2 Å². The highest BCUT2D eigenvalue weighted by Gasteiger charge is 2.25. The molecule has 7 heteroatoms. The summed E-state index contributed by atoms with van der Waals surface area (Å²) in [5.41, 5.74) is 1.52. The maximum absolute atomic E-state index is 12.6. The summed E-state index contributed by atoms with van der Waals surface area (Å²) < 4.78 is 5.89. The Morgan fingerprint density at radius 2 is 1.75 bits per heavy atom. The van der Waals surface area contributed by atoms with Crippen molar-refractivity contribution in [3.8, 4) is 11.5 Å². The lowest BCUT2D eigenvalue weighted by Crippen LogP contribution is -2.42. The third kappa shape index (κ3) is 4.17. The van der Waals surface area contributed by atoms with Gasteiger partial charge in [0.15, 0.2) is 0 Å². The summed E-state index contributed by atoms with van der Waals surface area (Å²) in [4.78, 5) is 12.6. The van der Waals surface area contributed by atoms with E-state index in [1.807, 2.05) is 48.5 Å². The molecule has 1 fully saturated rings. The summed E-state index contributed by atoms with van der Waals surface area (Å²) in [5, 5.41) is 14.8. The predicted molar refractivity (Wildman–Crippen MR) is 107 cm³/mol. The summed E-state index contributed by atoms with van der Waals surface area (Å²) >= 11 is 6.24. The first-order chi connectivity index (χ1) is 13.7. The molecule has 0 spiro atoms. The number of aromatic nitrogens is 2. The lowest BCUT2D eigenvalue weighted by Gasteiger charge is -2.18. The Morgan fingerprint density at radius 1 is 1.04 bits per heavy atom. The van der Waals surface area contributed by atoms with E-state index < -0.39 is 6.04 Å². The van der Waals surface area contributed by atoms with Crippen molar-refractivity contribution in [1.29, 1.82) is 0 Å². The first kappa shape index (κ1) is 18.5. The van der Waals surface area contributed by atoms with Crippen LogP contribution in [0.25, 0.3) is 11.5 Å². The average molecular weight is 397 g/mol. The molecule has 0 unspecified atom stereocenters. The quantitative estimate of drug-likeness (QED) is 0.653. The summed E-state index contributed by atoms with van der Waals surface area (Å²) in [7, 11) is 0. The van der Waals surface area contributed by atoms with Crippen LogP contribution >= 0.6 is 11.6 Å². The van der Waals surface area contributed by atoms with Gasteiger partial charge in [0.05, 0.1) is 10.6 Å². The molecule has 0 radical (unpaired) electrons. The van der Waals surface area contributed by atoms with Crippen molar-refractivity contribution in [2.45, 2.75) is 37.8 Å². The third-order valence-electron chi connectivity index (χ3n) is 4.89. The summed E-state index contributed by atoms with van der Waals surface area (Å²) in [5.74, 6) is 0.627. The molecule has 1 aliphatic rings. The first-order valence-corrected chi connectivity index (χ1v) is 9.79. The Kier molecular flexibility index (Phi) is 5.58. The highest BCUT2D eigenvalue weighted by atomic mass is 35.5. The molecule has 2 N–H and O–H groups in total. The molecule has 1 atom stereocenters. The maximum atomic E-state index is 12.6. The fourth-order valence-corrected chi connectivity index (χ4v) is 3.67. The van der Waals surface area contributed by atoms with Crippen molar-refractivity contribution >= 4 is 17.6 Å². The van der Waals surface area contributed by atoms with E-state index in [0.29, 0.717) is 22.4 Å². The van der Waals surface area contributed by atoms with E-state index in [9.17, 15) is 4.79 Å². The number of nitrogens with zero attached hydrogens (tertiary/aromatic N) is 2. The number of nitrogens with one attached hydrogen (secondary N) is 2. The van der Waals surface area contributed by atoms with Gasteiger partial charge in [0.2, 0.25) is 11.8 Å². The second kappa shape index (κ2) is 8.44. The summed E-state index contributed by atoms with van der Waals surface area (Å²) in [6, 6.07) is 16.3. The van der Waals surface area contributed by atoms with Crippen LogP contribution in [0.3, 0.4) is 0 Å². The molecule has 0 bridgehead atoms. The molecule has 3 aromatic rings. The van der Waals surface area contributed by atoms with Crippen LogP contribution < -0.4 is 10.6 Å². The fourth-order valence-electron chi connectivity index (χ4n) is 3.46. The maximum Gasteiger partial charge on any atom is 0.315 e. The van der Waals surface area contributed by atoms with Crippen LogP contribution in [0.5, 0.6) is 0 Å². The van der Waals surface area contributed by atoms with E-state index in [0.717, 1.165) is 31.2 Å². The van der Waals surface area contributed by atoms with Crippen molar-refractivity contribution in [3.05, 3.63) is 71.1 Å². The summed E-state index contributed by atoms with van der Waals surface area (Å²) in [6.07, 6.45) is 4.33. The van der Waals surface area contributed by atoms with Crippen molar-refractivity contribution in [2.75, 3.05) is 0 Å². The van der Waals surface area contributed by atoms with Crippen LogP contribution in [0.4, 0.5) is 4.79 Å². The number of halogens is 1. The minimum Gasteiger partial charge on any atom is -0.418 e. The van der Waals surface area contributed by atoms with Gasteiger partial charge in [0.1, 0.15) is 6.04 Å². The van der Waals surface area contributed by atoms with Gasteiger partial charge in [-0.25, -0.2) is 4.79 Å². The van der Waals surface area contributed by atoms with Crippen LogP contribution in [-0.4, -0.2) is 22.3 Å². The zero-order chi connectivity index (χ0) is 19.3. The van der Waals surface area contributed by atoms with Crippen molar-refractivity contribution in [3.63, 3.8) is 0 Å².